The van der Waals surface area contributed by atoms with E-state index in [0.717, 1.165) is 54.7 Å². The van der Waals surface area contributed by atoms with Crippen molar-refractivity contribution in [2.45, 2.75) is 0 Å². The van der Waals surface area contributed by atoms with Crippen molar-refractivity contribution < 1.29 is 0 Å². The van der Waals surface area contributed by atoms with Crippen LogP contribution in [0.4, 0.5) is 17.5 Å². The molecular formula is C15H17N7. The highest BCUT2D eigenvalue weighted by molar-refractivity contribution is 5.79. The van der Waals surface area contributed by atoms with Crippen molar-refractivity contribution in [3.05, 3.63) is 36.8 Å². The molecule has 3 N–H and O–H groups in total. The molecule has 7 heteroatoms. The molecule has 0 unspecified atom stereocenters. The first-order valence-electron chi connectivity index (χ1n) is 7.37. The zero-order chi connectivity index (χ0) is 14.8. The predicted molar refractivity (Wildman–Crippen MR) is 86.5 cm³/mol. The second kappa shape index (κ2) is 5.61. The van der Waals surface area contributed by atoms with Gasteiger partial charge in [-0.1, -0.05) is 0 Å². The lowest BCUT2D eigenvalue weighted by molar-refractivity contribution is 0.580. The zero-order valence-corrected chi connectivity index (χ0v) is 12.1. The first kappa shape index (κ1) is 13.0. The molecule has 1 aliphatic rings. The van der Waals surface area contributed by atoms with Crippen LogP contribution in [-0.2, 0) is 0 Å². The molecule has 1 aliphatic heterocycles. The molecule has 4 heterocycles. The molecule has 0 radical (unpaired) electrons. The largest absolute Gasteiger partial charge is 0.346 e. The fourth-order valence-corrected chi connectivity index (χ4v) is 2.59. The molecule has 0 amide bonds. The van der Waals surface area contributed by atoms with Gasteiger partial charge in [0.25, 0.3) is 0 Å². The van der Waals surface area contributed by atoms with Crippen molar-refractivity contribution >= 4 is 28.5 Å². The Bertz CT molecular complexity index is 776. The van der Waals surface area contributed by atoms with E-state index in [1.54, 1.807) is 12.4 Å². The van der Waals surface area contributed by atoms with Crippen LogP contribution in [0.5, 0.6) is 0 Å². The van der Waals surface area contributed by atoms with E-state index in [9.17, 15) is 0 Å². The number of nitrogens with one attached hydrogen (secondary N) is 3. The molecule has 112 valence electrons. The molecule has 3 aromatic heterocycles. The Kier molecular flexibility index (Phi) is 3.32. The van der Waals surface area contributed by atoms with E-state index in [0.29, 0.717) is 0 Å². The summed E-state index contributed by atoms with van der Waals surface area (Å²) in [5, 5.41) is 7.70. The van der Waals surface area contributed by atoms with Crippen LogP contribution in [0.2, 0.25) is 0 Å². The van der Waals surface area contributed by atoms with E-state index in [-0.39, 0.29) is 0 Å². The number of piperazine rings is 1. The highest BCUT2D eigenvalue weighted by atomic mass is 15.3. The van der Waals surface area contributed by atoms with Gasteiger partial charge in [0.15, 0.2) is 0 Å². The monoisotopic (exact) mass is 295 g/mol. The number of rotatable bonds is 3. The Morgan fingerprint density at radius 2 is 2.05 bits per heavy atom. The van der Waals surface area contributed by atoms with Crippen molar-refractivity contribution in [1.29, 1.82) is 0 Å². The third-order valence-electron chi connectivity index (χ3n) is 3.72. The van der Waals surface area contributed by atoms with Gasteiger partial charge < -0.3 is 20.5 Å². The molecule has 0 spiro atoms. The fourth-order valence-electron chi connectivity index (χ4n) is 2.59. The Balaban J connectivity index is 1.56. The van der Waals surface area contributed by atoms with Crippen LogP contribution in [0.1, 0.15) is 0 Å². The summed E-state index contributed by atoms with van der Waals surface area (Å²) in [5.74, 6) is 1.54. The minimum absolute atomic E-state index is 0.766. The lowest BCUT2D eigenvalue weighted by Crippen LogP contribution is -2.44. The van der Waals surface area contributed by atoms with Gasteiger partial charge in [-0.15, -0.1) is 0 Å². The normalized spacial score (nSPS) is 15.2. The topological polar surface area (TPSA) is 81.8 Å². The van der Waals surface area contributed by atoms with Gasteiger partial charge >= 0.3 is 0 Å². The summed E-state index contributed by atoms with van der Waals surface area (Å²) in [4.78, 5) is 18.6. The average molecular weight is 295 g/mol. The molecular weight excluding hydrogens is 278 g/mol. The second-order valence-corrected chi connectivity index (χ2v) is 5.24. The van der Waals surface area contributed by atoms with Gasteiger partial charge in [-0.05, 0) is 18.2 Å². The van der Waals surface area contributed by atoms with E-state index in [2.05, 4.69) is 35.5 Å². The Morgan fingerprint density at radius 3 is 2.95 bits per heavy atom. The number of H-pyrrole nitrogens is 1. The maximum absolute atomic E-state index is 4.60. The summed E-state index contributed by atoms with van der Waals surface area (Å²) >= 11 is 0. The highest BCUT2D eigenvalue weighted by Gasteiger charge is 2.13. The Hall–Kier alpha value is -2.67. The van der Waals surface area contributed by atoms with Crippen molar-refractivity contribution in [2.75, 3.05) is 36.4 Å². The molecule has 1 fully saturated rings. The summed E-state index contributed by atoms with van der Waals surface area (Å²) in [6.45, 7) is 3.80. The van der Waals surface area contributed by atoms with Crippen molar-refractivity contribution in [3.63, 3.8) is 0 Å². The number of aromatic nitrogens is 4. The third-order valence-corrected chi connectivity index (χ3v) is 3.72. The van der Waals surface area contributed by atoms with Crippen molar-refractivity contribution in [1.82, 2.24) is 25.3 Å². The van der Waals surface area contributed by atoms with Gasteiger partial charge in [-0.25, -0.2) is 9.97 Å². The number of hydrogen-bond donors (Lipinski definition) is 3. The van der Waals surface area contributed by atoms with Crippen LogP contribution in [0.15, 0.2) is 36.8 Å². The number of fused-ring (bicyclic) bond motifs is 1. The summed E-state index contributed by atoms with van der Waals surface area (Å²) in [6, 6.07) is 5.91. The van der Waals surface area contributed by atoms with Crippen LogP contribution < -0.4 is 15.5 Å². The Labute approximate surface area is 127 Å². The first-order valence-corrected chi connectivity index (χ1v) is 7.37. The summed E-state index contributed by atoms with van der Waals surface area (Å²) < 4.78 is 0. The van der Waals surface area contributed by atoms with Gasteiger partial charge in [0.05, 0.1) is 11.9 Å². The molecule has 0 saturated carbocycles. The van der Waals surface area contributed by atoms with E-state index in [4.69, 9.17) is 0 Å². The number of pyridine rings is 1. The quantitative estimate of drug-likeness (QED) is 0.679. The van der Waals surface area contributed by atoms with E-state index < -0.39 is 0 Å². The minimum Gasteiger partial charge on any atom is -0.346 e. The summed E-state index contributed by atoms with van der Waals surface area (Å²) in [7, 11) is 0. The molecule has 1 saturated heterocycles. The average Bonchev–Trinajstić information content (AvgIpc) is 3.04. The molecule has 0 aromatic carbocycles. The van der Waals surface area contributed by atoms with Gasteiger partial charge in [-0.2, -0.15) is 4.98 Å². The summed E-state index contributed by atoms with van der Waals surface area (Å²) in [5.41, 5.74) is 1.80. The minimum atomic E-state index is 0.766. The molecule has 0 bridgehead atoms. The van der Waals surface area contributed by atoms with Crippen LogP contribution in [0, 0.1) is 0 Å². The number of anilines is 3. The standard InChI is InChI=1S/C15H17N7/c1-3-17-14-11(1)9-12(10-19-14)20-13-2-4-18-15(21-13)22-7-5-16-6-8-22/h1-4,9-10,16H,5-8H2,(H,17,19)(H,18,20,21). The zero-order valence-electron chi connectivity index (χ0n) is 12.1. The summed E-state index contributed by atoms with van der Waals surface area (Å²) in [6.07, 6.45) is 5.47. The lowest BCUT2D eigenvalue weighted by Gasteiger charge is -2.27. The van der Waals surface area contributed by atoms with Gasteiger partial charge in [0.2, 0.25) is 5.95 Å². The van der Waals surface area contributed by atoms with E-state index >= 15 is 0 Å². The number of nitrogens with zero attached hydrogens (tertiary/aromatic N) is 4. The molecule has 0 atom stereocenters. The fraction of sp³-hybridized carbons (Fsp3) is 0.267. The van der Waals surface area contributed by atoms with Gasteiger partial charge in [0, 0.05) is 44.0 Å². The predicted octanol–water partition coefficient (Wildman–Crippen LogP) is 1.51. The maximum atomic E-state index is 4.60. The van der Waals surface area contributed by atoms with Crippen LogP contribution in [0.25, 0.3) is 11.0 Å². The molecule has 3 aromatic rings. The number of aromatic amines is 1. The maximum Gasteiger partial charge on any atom is 0.227 e. The third kappa shape index (κ3) is 2.58. The van der Waals surface area contributed by atoms with Crippen LogP contribution >= 0.6 is 0 Å². The van der Waals surface area contributed by atoms with E-state index in [1.165, 1.54) is 0 Å². The first-order chi connectivity index (χ1) is 10.9. The molecule has 7 nitrogen and oxygen atoms in total. The molecule has 0 aliphatic carbocycles. The number of hydrogen-bond acceptors (Lipinski definition) is 6. The van der Waals surface area contributed by atoms with Crippen LogP contribution in [-0.4, -0.2) is 46.1 Å². The lowest BCUT2D eigenvalue weighted by atomic mass is 10.3. The highest BCUT2D eigenvalue weighted by Crippen LogP contribution is 2.19. The van der Waals surface area contributed by atoms with Crippen molar-refractivity contribution in [2.24, 2.45) is 0 Å². The van der Waals surface area contributed by atoms with Crippen molar-refractivity contribution in [3.8, 4) is 0 Å². The van der Waals surface area contributed by atoms with Gasteiger partial charge in [-0.3, -0.25) is 0 Å². The van der Waals surface area contributed by atoms with Gasteiger partial charge in [0.1, 0.15) is 11.5 Å². The molecule has 22 heavy (non-hydrogen) atoms. The van der Waals surface area contributed by atoms with Crippen LogP contribution in [0.3, 0.4) is 0 Å². The SMILES string of the molecule is c1cc(Nc2cnc3[nH]ccc3c2)nc(N2CCNCC2)n1. The van der Waals surface area contributed by atoms with E-state index in [1.807, 2.05) is 24.4 Å². The molecule has 4 rings (SSSR count). The second-order valence-electron chi connectivity index (χ2n) is 5.24. The Morgan fingerprint density at radius 1 is 1.14 bits per heavy atom. The smallest absolute Gasteiger partial charge is 0.227 e.